The number of nitrogens with zero attached hydrogens (tertiary/aromatic N) is 2. The van der Waals surface area contributed by atoms with E-state index < -0.39 is 11.9 Å². The summed E-state index contributed by atoms with van der Waals surface area (Å²) in [7, 11) is 15.9. The van der Waals surface area contributed by atoms with E-state index in [9.17, 15) is 0 Å². The van der Waals surface area contributed by atoms with Gasteiger partial charge in [-0.25, -0.2) is 0 Å². The molecule has 6 heteroatoms. The topological polar surface area (TPSA) is 6.48 Å². The average Bonchev–Trinajstić information content (AvgIpc) is 3.79. The second-order valence-corrected chi connectivity index (χ2v) is 25.9. The molecule has 1 aliphatic carbocycles. The Balaban J connectivity index is 0.000000278. The molecule has 1 saturated heterocycles. The number of halogens is 2. The number of anilines is 2. The van der Waals surface area contributed by atoms with Gasteiger partial charge in [0.25, 0.3) is 0 Å². The molecule has 0 radical (unpaired) electrons. The summed E-state index contributed by atoms with van der Waals surface area (Å²) in [6.45, 7) is 17.1. The van der Waals surface area contributed by atoms with Crippen LogP contribution in [0, 0.1) is 41.5 Å². The Morgan fingerprint density at radius 3 is 1.38 bits per heavy atom. The molecule has 0 amide bonds. The molecule has 0 spiro atoms. The van der Waals surface area contributed by atoms with Crippen LogP contribution in [0.1, 0.15) is 50.1 Å². The Hall–Kier alpha value is -3.97. The van der Waals surface area contributed by atoms with E-state index in [4.69, 9.17) is 19.4 Å². The van der Waals surface area contributed by atoms with Crippen molar-refractivity contribution in [2.45, 2.75) is 41.5 Å². The van der Waals surface area contributed by atoms with E-state index in [1.165, 1.54) is 60.9 Å². The van der Waals surface area contributed by atoms with Crippen molar-refractivity contribution in [3.8, 4) is 0 Å². The Morgan fingerprint density at radius 1 is 0.527 bits per heavy atom. The van der Waals surface area contributed by atoms with Crippen LogP contribution < -0.4 is 20.4 Å². The molecule has 0 bridgehead atoms. The fourth-order valence-corrected chi connectivity index (χ4v) is 17.4. The zero-order valence-electron chi connectivity index (χ0n) is 32.7. The van der Waals surface area contributed by atoms with Gasteiger partial charge in [0.05, 0.1) is 0 Å². The van der Waals surface area contributed by atoms with Gasteiger partial charge in [-0.2, -0.15) is 0 Å². The summed E-state index contributed by atoms with van der Waals surface area (Å²) in [5, 5.41) is 2.88. The van der Waals surface area contributed by atoms with Crippen LogP contribution in [0.4, 0.5) is 11.4 Å². The quantitative estimate of drug-likeness (QED) is 0.126. The number of hydrogen-bond donors (Lipinski definition) is 0. The maximum atomic E-state index is 8.02. The summed E-state index contributed by atoms with van der Waals surface area (Å²) in [5.41, 5.74) is 14.6. The molecule has 6 aromatic rings. The molecule has 0 unspecified atom stereocenters. The van der Waals surface area contributed by atoms with Gasteiger partial charge in [0.15, 0.2) is 0 Å². The van der Waals surface area contributed by atoms with Crippen LogP contribution >= 0.6 is 27.3 Å². The predicted molar refractivity (Wildman–Crippen MR) is 243 cm³/mol. The summed E-state index contributed by atoms with van der Waals surface area (Å²) in [6, 6.07) is 49.6. The van der Waals surface area contributed by atoms with Crippen LogP contribution in [0.15, 0.2) is 140 Å². The normalized spacial score (nSPS) is 14.2. The first-order chi connectivity index (χ1) is 26.5. The second kappa shape index (κ2) is 16.6. The first kappa shape index (κ1) is 39.3. The Bertz CT molecular complexity index is 2360. The van der Waals surface area contributed by atoms with Gasteiger partial charge in [0, 0.05) is 0 Å². The molecule has 0 saturated carbocycles. The monoisotopic (exact) mass is 868 g/mol. The van der Waals surface area contributed by atoms with E-state index in [2.05, 4.69) is 204 Å². The number of allylic oxidation sites excluding steroid dienone is 1. The van der Waals surface area contributed by atoms with E-state index in [1.54, 1.807) is 0 Å². The maximum absolute atomic E-state index is 8.02. The Labute approximate surface area is 339 Å². The van der Waals surface area contributed by atoms with E-state index >= 15 is 0 Å². The fourth-order valence-electron chi connectivity index (χ4n) is 8.14. The van der Waals surface area contributed by atoms with Crippen LogP contribution in [0.3, 0.4) is 0 Å². The van der Waals surface area contributed by atoms with Gasteiger partial charge in [-0.1, -0.05) is 60.7 Å². The SMILES string of the molecule is CP(c1ccccc1)c1ccccc1.Cc1cc(C)c(N2CCN(c3c(C)cc(C)cc3C)[C]2=[Ru]([Cl])([Cl])=[C]2C(c3ccccc3)=Cc3ccccc32)c(C)c1. The fraction of sp³-hybridized carbons (Fsp3) is 0.184. The third kappa shape index (κ3) is 8.01. The van der Waals surface area contributed by atoms with Gasteiger partial charge in [0.1, 0.15) is 0 Å². The number of hydrogen-bond acceptors (Lipinski definition) is 2. The van der Waals surface area contributed by atoms with E-state index in [1.807, 2.05) is 0 Å². The number of benzene rings is 6. The van der Waals surface area contributed by atoms with Gasteiger partial charge >= 0.3 is 256 Å². The molecule has 0 N–H and O–H groups in total. The third-order valence-corrected chi connectivity index (χ3v) is 19.4. The summed E-state index contributed by atoms with van der Waals surface area (Å²) in [6.07, 6.45) is 2.27. The Kier molecular flexibility index (Phi) is 11.9. The summed E-state index contributed by atoms with van der Waals surface area (Å²) in [5.74, 6) is 0. The summed E-state index contributed by atoms with van der Waals surface area (Å²) >= 11 is -3.84. The van der Waals surface area contributed by atoms with Crippen molar-refractivity contribution < 1.29 is 11.9 Å². The van der Waals surface area contributed by atoms with Crippen molar-refractivity contribution >= 4 is 69.4 Å². The molecule has 1 aliphatic heterocycles. The number of aryl methyl sites for hydroxylation is 6. The van der Waals surface area contributed by atoms with Gasteiger partial charge < -0.3 is 0 Å². The van der Waals surface area contributed by atoms with Gasteiger partial charge in [-0.15, -0.1) is 0 Å². The summed E-state index contributed by atoms with van der Waals surface area (Å²) in [4.78, 5) is 4.90. The van der Waals surface area contributed by atoms with Crippen LogP contribution in [-0.4, -0.2) is 28.2 Å². The van der Waals surface area contributed by atoms with E-state index in [0.717, 1.165) is 38.3 Å². The molecule has 2 nitrogen and oxygen atoms in total. The van der Waals surface area contributed by atoms with Crippen molar-refractivity contribution in [2.75, 3.05) is 29.6 Å². The van der Waals surface area contributed by atoms with Crippen molar-refractivity contribution in [3.63, 3.8) is 0 Å². The van der Waals surface area contributed by atoms with Crippen molar-refractivity contribution in [1.29, 1.82) is 0 Å². The molecule has 1 heterocycles. The molecule has 2 aliphatic rings. The second-order valence-electron chi connectivity index (χ2n) is 14.5. The first-order valence-electron chi connectivity index (χ1n) is 18.7. The molecule has 0 aromatic heterocycles. The van der Waals surface area contributed by atoms with Crippen LogP contribution in [0.25, 0.3) is 11.6 Å². The molecular weight excluding hydrogens is 820 g/mol. The first-order valence-corrected chi connectivity index (χ1v) is 26.7. The van der Waals surface area contributed by atoms with Crippen LogP contribution in [-0.2, 0) is 11.9 Å². The zero-order valence-corrected chi connectivity index (χ0v) is 36.9. The molecule has 282 valence electrons. The molecule has 1 fully saturated rings. The molecule has 8 rings (SSSR count). The standard InChI is InChI=1S/C21H26N2.C15H10.C13H13P.2ClH.Ru/c1-14-9-16(3)20(17(4)10-14)22-7-8-23(13-22)21-18(5)11-15(2)12-19(21)6;1-2-6-12(7-3-1)15-10-13-8-4-5-9-14(13)11-15;1-14(12-8-4-2-5-9-12)13-10-6-3-7-11-13;;;/h9-12H,7-8H2,1-6H3;1-10H;2-11H,1H3;2*1H;/q;;;;;+2/p-2. The number of rotatable bonds is 5. The third-order valence-electron chi connectivity index (χ3n) is 10.3. The average molecular weight is 869 g/mol. The van der Waals surface area contributed by atoms with Gasteiger partial charge in [0.2, 0.25) is 0 Å². The van der Waals surface area contributed by atoms with E-state index in [0.29, 0.717) is 0 Å². The zero-order chi connectivity index (χ0) is 38.9. The van der Waals surface area contributed by atoms with Crippen molar-refractivity contribution in [2.24, 2.45) is 0 Å². The van der Waals surface area contributed by atoms with E-state index in [-0.39, 0.29) is 7.92 Å². The number of fused-ring (bicyclic) bond motifs is 1. The molecular formula is C49H49Cl2N2PRu. The molecule has 55 heavy (non-hydrogen) atoms. The molecule has 0 atom stereocenters. The minimum absolute atomic E-state index is 0.171. The van der Waals surface area contributed by atoms with Gasteiger partial charge in [-0.05, 0) is 25.2 Å². The minimum atomic E-state index is -3.84. The molecule has 6 aromatic carbocycles. The summed E-state index contributed by atoms with van der Waals surface area (Å²) < 4.78 is 2.16. The predicted octanol–water partition coefficient (Wildman–Crippen LogP) is 11.9. The van der Waals surface area contributed by atoms with Crippen molar-refractivity contribution in [1.82, 2.24) is 0 Å². The Morgan fingerprint density at radius 2 is 0.927 bits per heavy atom. The van der Waals surface area contributed by atoms with Crippen molar-refractivity contribution in [3.05, 3.63) is 190 Å². The van der Waals surface area contributed by atoms with Gasteiger partial charge in [-0.3, -0.25) is 0 Å². The van der Waals surface area contributed by atoms with Crippen LogP contribution in [0.5, 0.6) is 0 Å². The van der Waals surface area contributed by atoms with Crippen LogP contribution in [0.2, 0.25) is 0 Å².